The summed E-state index contributed by atoms with van der Waals surface area (Å²) in [7, 11) is -3.02. The summed E-state index contributed by atoms with van der Waals surface area (Å²) in [5.74, 6) is 0.265. The number of nitrogens with zero attached hydrogens (tertiary/aromatic N) is 1. The molecule has 1 aromatic heterocycles. The molecule has 0 amide bonds. The molecular weight excluding hydrogens is 339 g/mol. The third-order valence-corrected chi connectivity index (χ3v) is 6.64. The van der Waals surface area contributed by atoms with Crippen LogP contribution in [0.3, 0.4) is 0 Å². The van der Waals surface area contributed by atoms with Gasteiger partial charge in [0.05, 0.1) is 38.1 Å². The maximum Gasteiger partial charge on any atom is 0.178 e. The maximum absolute atomic E-state index is 11.8. The van der Waals surface area contributed by atoms with Crippen molar-refractivity contribution in [2.24, 2.45) is 0 Å². The monoisotopic (exact) mass is 350 g/mol. The molecule has 0 saturated carbocycles. The molecule has 1 fully saturated rings. The Balaban J connectivity index is 2.30. The second kappa shape index (κ2) is 4.47. The number of sulfone groups is 1. The average molecular weight is 351 g/mol. The third-order valence-electron chi connectivity index (χ3n) is 3.75. The van der Waals surface area contributed by atoms with Gasteiger partial charge in [-0.05, 0) is 37.7 Å². The van der Waals surface area contributed by atoms with Crippen LogP contribution in [0.15, 0.2) is 12.1 Å². The van der Waals surface area contributed by atoms with Gasteiger partial charge in [-0.15, -0.1) is 0 Å². The molecule has 0 radical (unpaired) electrons. The predicted molar refractivity (Wildman–Crippen MR) is 84.1 cm³/mol. The van der Waals surface area contributed by atoms with Gasteiger partial charge in [0.15, 0.2) is 14.6 Å². The number of nitrogens with one attached hydrogen (secondary N) is 1. The molecule has 1 saturated heterocycles. The highest BCUT2D eigenvalue weighted by molar-refractivity contribution is 7.91. The van der Waals surface area contributed by atoms with Gasteiger partial charge in [-0.3, -0.25) is 0 Å². The zero-order valence-electron chi connectivity index (χ0n) is 10.6. The Morgan fingerprint density at radius 3 is 2.60 bits per heavy atom. The number of imidazole rings is 1. The van der Waals surface area contributed by atoms with E-state index in [9.17, 15) is 8.42 Å². The Morgan fingerprint density at radius 1 is 1.35 bits per heavy atom. The van der Waals surface area contributed by atoms with E-state index in [1.807, 2.05) is 11.5 Å². The topological polar surface area (TPSA) is 54.9 Å². The maximum atomic E-state index is 11.8. The van der Waals surface area contributed by atoms with E-state index >= 15 is 0 Å². The molecule has 3 rings (SSSR count). The summed E-state index contributed by atoms with van der Waals surface area (Å²) in [6.45, 7) is 1.91. The first-order valence-electron chi connectivity index (χ1n) is 6.03. The summed E-state index contributed by atoms with van der Waals surface area (Å²) < 4.78 is 25.9. The van der Waals surface area contributed by atoms with Crippen molar-refractivity contribution in [3.8, 4) is 0 Å². The molecule has 4 nitrogen and oxygen atoms in total. The van der Waals surface area contributed by atoms with Gasteiger partial charge in [0.25, 0.3) is 0 Å². The van der Waals surface area contributed by atoms with Crippen LogP contribution in [0.1, 0.15) is 13.3 Å². The zero-order chi connectivity index (χ0) is 14.7. The summed E-state index contributed by atoms with van der Waals surface area (Å²) in [5.41, 5.74) is 0.990. The molecule has 20 heavy (non-hydrogen) atoms. The highest BCUT2D eigenvalue weighted by atomic mass is 35.5. The van der Waals surface area contributed by atoms with Crippen LogP contribution in [0, 0.1) is 4.77 Å². The van der Waals surface area contributed by atoms with Gasteiger partial charge in [-0.25, -0.2) is 8.42 Å². The molecule has 108 valence electrons. The summed E-state index contributed by atoms with van der Waals surface area (Å²) in [6, 6.07) is 3.43. The first-order chi connectivity index (χ1) is 9.22. The second-order valence-electron chi connectivity index (χ2n) is 5.39. The number of aromatic nitrogens is 2. The normalized spacial score (nSPS) is 25.4. The highest BCUT2D eigenvalue weighted by Crippen LogP contribution is 2.36. The molecule has 8 heteroatoms. The lowest BCUT2D eigenvalue weighted by molar-refractivity contribution is 0.372. The number of benzene rings is 1. The van der Waals surface area contributed by atoms with Crippen molar-refractivity contribution in [3.63, 3.8) is 0 Å². The van der Waals surface area contributed by atoms with Crippen molar-refractivity contribution in [3.05, 3.63) is 26.9 Å². The Kier molecular flexibility index (Phi) is 3.21. The Hall–Kier alpha value is -0.560. The minimum absolute atomic E-state index is 0.0848. The minimum Gasteiger partial charge on any atom is -0.331 e. The van der Waals surface area contributed by atoms with E-state index in [4.69, 9.17) is 35.4 Å². The fourth-order valence-corrected chi connectivity index (χ4v) is 5.67. The summed E-state index contributed by atoms with van der Waals surface area (Å²) in [6.07, 6.45) is 0.539. The molecule has 0 spiro atoms. The average Bonchev–Trinajstić information content (AvgIpc) is 2.77. The number of aromatic amines is 1. The van der Waals surface area contributed by atoms with Crippen LogP contribution in [-0.4, -0.2) is 29.5 Å². The van der Waals surface area contributed by atoms with E-state index < -0.39 is 15.4 Å². The Morgan fingerprint density at radius 2 is 2.00 bits per heavy atom. The quantitative estimate of drug-likeness (QED) is 0.800. The molecule has 1 aromatic carbocycles. The van der Waals surface area contributed by atoms with Crippen LogP contribution >= 0.6 is 35.4 Å². The van der Waals surface area contributed by atoms with Crippen molar-refractivity contribution in [1.29, 1.82) is 0 Å². The van der Waals surface area contributed by atoms with Crippen molar-refractivity contribution in [2.45, 2.75) is 18.9 Å². The smallest absolute Gasteiger partial charge is 0.178 e. The molecule has 1 N–H and O–H groups in total. The predicted octanol–water partition coefficient (Wildman–Crippen LogP) is 3.54. The SMILES string of the molecule is CC1(n2c(=S)[nH]c3cc(Cl)c(Cl)cc32)CCS(=O)(=O)C1. The van der Waals surface area contributed by atoms with E-state index in [-0.39, 0.29) is 11.5 Å². The van der Waals surface area contributed by atoms with Crippen molar-refractivity contribution in [1.82, 2.24) is 9.55 Å². The molecule has 1 unspecified atom stereocenters. The highest BCUT2D eigenvalue weighted by Gasteiger charge is 2.41. The summed E-state index contributed by atoms with van der Waals surface area (Å²) in [4.78, 5) is 3.06. The van der Waals surface area contributed by atoms with Gasteiger partial charge in [-0.2, -0.15) is 0 Å². The fourth-order valence-electron chi connectivity index (χ4n) is 2.81. The van der Waals surface area contributed by atoms with Crippen molar-refractivity contribution in [2.75, 3.05) is 11.5 Å². The Labute approximate surface area is 131 Å². The number of hydrogen-bond acceptors (Lipinski definition) is 3. The molecule has 0 aliphatic carbocycles. The van der Waals surface area contributed by atoms with Crippen molar-refractivity contribution < 1.29 is 8.42 Å². The van der Waals surface area contributed by atoms with Crippen LogP contribution < -0.4 is 0 Å². The molecule has 1 aliphatic rings. The standard InChI is InChI=1S/C12H12Cl2N2O2S2/c1-12(2-3-20(17,18)6-12)16-10-5-8(14)7(13)4-9(10)15-11(16)19/h4-5H,2-3,6H2,1H3,(H,15,19). The van der Waals surface area contributed by atoms with Crippen molar-refractivity contribution >= 4 is 56.3 Å². The van der Waals surface area contributed by atoms with Gasteiger partial charge in [-0.1, -0.05) is 23.2 Å². The Bertz CT molecular complexity index is 869. The van der Waals surface area contributed by atoms with Gasteiger partial charge >= 0.3 is 0 Å². The lowest BCUT2D eigenvalue weighted by Gasteiger charge is -2.25. The number of hydrogen-bond donors (Lipinski definition) is 1. The van der Waals surface area contributed by atoms with Crippen LogP contribution in [0.25, 0.3) is 11.0 Å². The van der Waals surface area contributed by atoms with Gasteiger partial charge < -0.3 is 9.55 Å². The molecule has 0 bridgehead atoms. The van der Waals surface area contributed by atoms with Gasteiger partial charge in [0, 0.05) is 0 Å². The van der Waals surface area contributed by atoms with E-state index in [2.05, 4.69) is 4.98 Å². The zero-order valence-corrected chi connectivity index (χ0v) is 13.8. The summed E-state index contributed by atoms with van der Waals surface area (Å²) in [5, 5.41) is 0.859. The minimum atomic E-state index is -3.02. The van der Waals surface area contributed by atoms with E-state index in [1.165, 1.54) is 0 Å². The van der Waals surface area contributed by atoms with E-state index in [1.54, 1.807) is 12.1 Å². The molecule has 2 heterocycles. The van der Waals surface area contributed by atoms with E-state index in [0.717, 1.165) is 11.0 Å². The van der Waals surface area contributed by atoms with Gasteiger partial charge in [0.1, 0.15) is 0 Å². The van der Waals surface area contributed by atoms with E-state index in [0.29, 0.717) is 21.2 Å². The van der Waals surface area contributed by atoms with Crippen LogP contribution in [0.4, 0.5) is 0 Å². The third kappa shape index (κ3) is 2.19. The number of halogens is 2. The van der Waals surface area contributed by atoms with Crippen LogP contribution in [-0.2, 0) is 15.4 Å². The molecule has 1 atom stereocenters. The lowest BCUT2D eigenvalue weighted by atomic mass is 10.0. The molecular formula is C12H12Cl2N2O2S2. The summed E-state index contributed by atoms with van der Waals surface area (Å²) >= 11 is 17.4. The number of rotatable bonds is 1. The van der Waals surface area contributed by atoms with Gasteiger partial charge in [0.2, 0.25) is 0 Å². The first-order valence-corrected chi connectivity index (χ1v) is 9.01. The number of H-pyrrole nitrogens is 1. The second-order valence-corrected chi connectivity index (χ2v) is 8.77. The lowest BCUT2D eigenvalue weighted by Crippen LogP contribution is -2.31. The van der Waals surface area contributed by atoms with Crippen LogP contribution in [0.2, 0.25) is 10.0 Å². The largest absolute Gasteiger partial charge is 0.331 e. The van der Waals surface area contributed by atoms with Crippen LogP contribution in [0.5, 0.6) is 0 Å². The molecule has 2 aromatic rings. The first kappa shape index (κ1) is 14.4. The number of fused-ring (bicyclic) bond motifs is 1. The fraction of sp³-hybridized carbons (Fsp3) is 0.417. The molecule has 1 aliphatic heterocycles.